The molecule has 3 N–H and O–H groups in total. The number of carbonyl (C=O) groups excluding carboxylic acids is 2. The number of hydrogen-bond acceptors (Lipinski definition) is 10. The van der Waals surface area contributed by atoms with Gasteiger partial charge in [0.15, 0.2) is 16.6 Å². The van der Waals surface area contributed by atoms with Gasteiger partial charge >= 0.3 is 0 Å². The van der Waals surface area contributed by atoms with Crippen LogP contribution in [0.4, 0.5) is 10.8 Å². The second kappa shape index (κ2) is 13.9. The molecule has 3 aromatic rings. The summed E-state index contributed by atoms with van der Waals surface area (Å²) >= 11 is 3.15. The first-order valence-electron chi connectivity index (χ1n) is 14.6. The first kappa shape index (κ1) is 31.6. The van der Waals surface area contributed by atoms with Gasteiger partial charge in [0, 0.05) is 17.4 Å². The number of methoxy groups -OCH3 is 3. The Morgan fingerprint density at radius 1 is 1.09 bits per heavy atom. The predicted octanol–water partition coefficient (Wildman–Crippen LogP) is 4.98. The highest BCUT2D eigenvalue weighted by atomic mass is 32.2. The lowest BCUT2D eigenvalue weighted by molar-refractivity contribution is -0.120. The van der Waals surface area contributed by atoms with Gasteiger partial charge in [-0.15, -0.1) is 11.3 Å². The van der Waals surface area contributed by atoms with E-state index in [1.54, 1.807) is 45.2 Å². The van der Waals surface area contributed by atoms with Gasteiger partial charge in [0.2, 0.25) is 23.0 Å². The van der Waals surface area contributed by atoms with Crippen LogP contribution in [0.25, 0.3) is 11.1 Å². The van der Waals surface area contributed by atoms with Gasteiger partial charge in [0.25, 0.3) is 0 Å². The number of nitrogens with zero attached hydrogens (tertiary/aromatic N) is 1. The highest BCUT2D eigenvalue weighted by Gasteiger charge is 2.30. The minimum absolute atomic E-state index is 0.201. The summed E-state index contributed by atoms with van der Waals surface area (Å²) in [7, 11) is 4.68. The van der Waals surface area contributed by atoms with E-state index >= 15 is 0 Å². The number of thioether (sulfide) groups is 1. The minimum Gasteiger partial charge on any atom is -0.493 e. The number of amides is 2. The summed E-state index contributed by atoms with van der Waals surface area (Å²) in [5.74, 6) is 1.73. The fourth-order valence-corrected chi connectivity index (χ4v) is 7.48. The molecule has 1 aromatic heterocycles. The van der Waals surface area contributed by atoms with Crippen molar-refractivity contribution in [2.24, 2.45) is 0 Å². The number of hydrogen-bond donors (Lipinski definition) is 3. The highest BCUT2D eigenvalue weighted by molar-refractivity contribution is 7.98. The highest BCUT2D eigenvalue weighted by Crippen LogP contribution is 2.50. The number of ether oxygens (including phenoxy) is 3. The second-order valence-electron chi connectivity index (χ2n) is 10.8. The predicted molar refractivity (Wildman–Crippen MR) is 176 cm³/mol. The van der Waals surface area contributed by atoms with Gasteiger partial charge < -0.3 is 30.2 Å². The molecule has 5 rings (SSSR count). The fourth-order valence-electron chi connectivity index (χ4n) is 5.96. The van der Waals surface area contributed by atoms with Gasteiger partial charge in [-0.3, -0.25) is 14.4 Å². The first-order chi connectivity index (χ1) is 21.3. The lowest BCUT2D eigenvalue weighted by Crippen LogP contribution is -2.36. The molecular weight excluding hydrogens is 601 g/mol. The average molecular weight is 639 g/mol. The average Bonchev–Trinajstić information content (AvgIpc) is 3.52. The van der Waals surface area contributed by atoms with Crippen LogP contribution in [0.1, 0.15) is 53.9 Å². The monoisotopic (exact) mass is 638 g/mol. The molecule has 0 bridgehead atoms. The van der Waals surface area contributed by atoms with Crippen molar-refractivity contribution < 1.29 is 23.8 Å². The Kier molecular flexibility index (Phi) is 10.00. The summed E-state index contributed by atoms with van der Waals surface area (Å²) in [6.07, 6.45) is 6.68. The number of aryl methyl sites for hydroxylation is 3. The van der Waals surface area contributed by atoms with Gasteiger partial charge in [-0.2, -0.15) is 11.8 Å². The van der Waals surface area contributed by atoms with E-state index in [0.29, 0.717) is 47.2 Å². The largest absolute Gasteiger partial charge is 0.493 e. The Balaban J connectivity index is 1.57. The topological polar surface area (TPSA) is 128 Å². The van der Waals surface area contributed by atoms with Crippen molar-refractivity contribution in [3.05, 3.63) is 56.2 Å². The zero-order valence-electron chi connectivity index (χ0n) is 25.6. The molecule has 0 saturated carbocycles. The number of anilines is 2. The Morgan fingerprint density at radius 3 is 2.57 bits per heavy atom. The van der Waals surface area contributed by atoms with Crippen LogP contribution in [0.2, 0.25) is 0 Å². The van der Waals surface area contributed by atoms with E-state index < -0.39 is 12.1 Å². The molecule has 2 atom stereocenters. The van der Waals surface area contributed by atoms with Crippen molar-refractivity contribution in [3.63, 3.8) is 0 Å². The van der Waals surface area contributed by atoms with Crippen LogP contribution < -0.4 is 35.6 Å². The molecule has 12 heteroatoms. The van der Waals surface area contributed by atoms with Crippen LogP contribution in [-0.4, -0.2) is 56.2 Å². The second-order valence-corrected chi connectivity index (χ2v) is 12.9. The third-order valence-electron chi connectivity index (χ3n) is 8.00. The third-order valence-corrected chi connectivity index (χ3v) is 9.72. The molecule has 0 radical (unpaired) electrons. The molecule has 44 heavy (non-hydrogen) atoms. The molecule has 1 heterocycles. The van der Waals surface area contributed by atoms with Crippen molar-refractivity contribution in [1.82, 2.24) is 10.3 Å². The maximum Gasteiger partial charge on any atom is 0.248 e. The molecule has 2 aliphatic rings. The van der Waals surface area contributed by atoms with Crippen molar-refractivity contribution in [3.8, 4) is 28.4 Å². The van der Waals surface area contributed by atoms with E-state index in [-0.39, 0.29) is 22.9 Å². The van der Waals surface area contributed by atoms with E-state index in [1.165, 1.54) is 23.1 Å². The quantitative estimate of drug-likeness (QED) is 0.266. The van der Waals surface area contributed by atoms with Crippen LogP contribution >= 0.6 is 23.1 Å². The maximum atomic E-state index is 13.8. The van der Waals surface area contributed by atoms with Crippen molar-refractivity contribution in [1.29, 1.82) is 0 Å². The van der Waals surface area contributed by atoms with Gasteiger partial charge in [-0.1, -0.05) is 6.07 Å². The Morgan fingerprint density at radius 2 is 1.89 bits per heavy atom. The smallest absolute Gasteiger partial charge is 0.248 e. The SMILES string of the molecule is COc1cc2c(c(OC)c1OC)-c1ccc(NC(CCSC)C(=O)Nc3nc4c(s3)CCC4)c(=O)cc1C(NC(C)=O)CC2. The number of rotatable bonds is 11. The van der Waals surface area contributed by atoms with E-state index in [4.69, 9.17) is 14.2 Å². The number of carbonyl (C=O) groups is 2. The fraction of sp³-hybridized carbons (Fsp3) is 0.438. The van der Waals surface area contributed by atoms with Crippen LogP contribution in [0.3, 0.4) is 0 Å². The molecular formula is C32H38N4O6S2. The van der Waals surface area contributed by atoms with Crippen molar-refractivity contribution in [2.45, 2.75) is 57.5 Å². The lowest BCUT2D eigenvalue weighted by atomic mass is 9.95. The Hall–Kier alpha value is -3.77. The zero-order chi connectivity index (χ0) is 31.4. The molecule has 0 fully saturated rings. The van der Waals surface area contributed by atoms with Gasteiger partial charge in [-0.05, 0) is 85.4 Å². The number of benzene rings is 1. The summed E-state index contributed by atoms with van der Waals surface area (Å²) in [6, 6.07) is 5.94. The van der Waals surface area contributed by atoms with E-state index in [9.17, 15) is 14.4 Å². The number of fused-ring (bicyclic) bond motifs is 4. The van der Waals surface area contributed by atoms with Crippen LogP contribution in [0, 0.1) is 0 Å². The normalized spacial score (nSPS) is 15.6. The Labute approximate surface area is 265 Å². The number of nitrogens with one attached hydrogen (secondary N) is 3. The molecule has 2 aliphatic carbocycles. The number of thiazole rings is 1. The van der Waals surface area contributed by atoms with Crippen LogP contribution in [-0.2, 0) is 28.9 Å². The lowest BCUT2D eigenvalue weighted by Gasteiger charge is -2.19. The standard InChI is InChI=1S/C32H38N4O6S2/c1-17(37)33-21-11-9-18-15-26(40-2)29(41-3)30(42-4)28(18)19-10-12-22(25(38)16-20(19)21)34-24(13-14-43-5)31(39)36-32-35-23-7-6-8-27(23)44-32/h10,12,15-16,21,24H,6-9,11,13-14H2,1-5H3,(H,33,37)(H,34,38)(H,35,36,39). The zero-order valence-corrected chi connectivity index (χ0v) is 27.3. The van der Waals surface area contributed by atoms with Crippen LogP contribution in [0.15, 0.2) is 29.1 Å². The van der Waals surface area contributed by atoms with Crippen molar-refractivity contribution in [2.75, 3.05) is 44.0 Å². The summed E-state index contributed by atoms with van der Waals surface area (Å²) < 4.78 is 17.2. The minimum atomic E-state index is -0.659. The van der Waals surface area contributed by atoms with Crippen LogP contribution in [0.5, 0.6) is 17.2 Å². The molecule has 2 aromatic carbocycles. The molecule has 2 amide bonds. The summed E-state index contributed by atoms with van der Waals surface area (Å²) in [5.41, 5.74) is 4.14. The van der Waals surface area contributed by atoms with E-state index in [1.807, 2.05) is 18.4 Å². The molecule has 0 aliphatic heterocycles. The molecule has 2 unspecified atom stereocenters. The van der Waals surface area contributed by atoms with Gasteiger partial charge in [0.1, 0.15) is 6.04 Å². The summed E-state index contributed by atoms with van der Waals surface area (Å²) in [4.78, 5) is 45.4. The molecule has 10 nitrogen and oxygen atoms in total. The molecule has 0 spiro atoms. The maximum absolute atomic E-state index is 13.8. The van der Waals surface area contributed by atoms with Gasteiger partial charge in [0.05, 0.1) is 38.8 Å². The van der Waals surface area contributed by atoms with E-state index in [2.05, 4.69) is 20.9 Å². The third kappa shape index (κ3) is 6.51. The number of aromatic nitrogens is 1. The molecule has 0 saturated heterocycles. The summed E-state index contributed by atoms with van der Waals surface area (Å²) in [6.45, 7) is 1.46. The summed E-state index contributed by atoms with van der Waals surface area (Å²) in [5, 5.41) is 9.83. The van der Waals surface area contributed by atoms with Gasteiger partial charge in [-0.25, -0.2) is 4.98 Å². The van der Waals surface area contributed by atoms with Crippen molar-refractivity contribution >= 4 is 45.7 Å². The Bertz CT molecular complexity index is 1600. The van der Waals surface area contributed by atoms with E-state index in [0.717, 1.165) is 47.4 Å². The molecule has 234 valence electrons. The first-order valence-corrected chi connectivity index (χ1v) is 16.8.